The van der Waals surface area contributed by atoms with Gasteiger partial charge in [0.05, 0.1) is 6.10 Å². The Balaban J connectivity index is 1.54. The van der Waals surface area contributed by atoms with Gasteiger partial charge in [0.25, 0.3) is 0 Å². The van der Waals surface area contributed by atoms with Crippen molar-refractivity contribution in [2.24, 2.45) is 0 Å². The van der Waals surface area contributed by atoms with Gasteiger partial charge in [-0.05, 0) is 43.7 Å². The van der Waals surface area contributed by atoms with Crippen LogP contribution in [0, 0.1) is 0 Å². The molecule has 2 aliphatic rings. The molecule has 0 fully saturated rings. The lowest BCUT2D eigenvalue weighted by atomic mass is 10.1. The van der Waals surface area contributed by atoms with Gasteiger partial charge in [-0.1, -0.05) is 30.3 Å². The monoisotopic (exact) mass is 361 g/mol. The van der Waals surface area contributed by atoms with E-state index in [1.165, 1.54) is 12.1 Å². The van der Waals surface area contributed by atoms with Crippen LogP contribution in [0.2, 0.25) is 0 Å². The van der Waals surface area contributed by atoms with Gasteiger partial charge in [-0.25, -0.2) is 4.98 Å². The van der Waals surface area contributed by atoms with Crippen molar-refractivity contribution >= 4 is 11.1 Å². The van der Waals surface area contributed by atoms with E-state index in [-0.39, 0.29) is 11.5 Å². The minimum atomic E-state index is -0.445. The summed E-state index contributed by atoms with van der Waals surface area (Å²) in [6.07, 6.45) is -0.535. The number of hydrogen-bond donors (Lipinski definition) is 0. The van der Waals surface area contributed by atoms with Crippen LogP contribution in [0.15, 0.2) is 75.9 Å². The minimum absolute atomic E-state index is 0.0903. The largest absolute Gasteiger partial charge is 0.465 e. The first-order valence-electron chi connectivity index (χ1n) is 8.80. The molecule has 27 heavy (non-hydrogen) atoms. The van der Waals surface area contributed by atoms with Gasteiger partial charge in [0, 0.05) is 12.1 Å². The van der Waals surface area contributed by atoms with Crippen molar-refractivity contribution in [3.63, 3.8) is 0 Å². The molecule has 0 N–H and O–H groups in total. The number of aromatic nitrogens is 1. The van der Waals surface area contributed by atoms with Gasteiger partial charge in [-0.15, -0.1) is 0 Å². The second-order valence-corrected chi connectivity index (χ2v) is 6.35. The minimum Gasteiger partial charge on any atom is -0.465 e. The molecular weight excluding hydrogens is 342 g/mol. The number of fused-ring (bicyclic) bond motifs is 2. The maximum atomic E-state index is 11.5. The highest BCUT2D eigenvalue weighted by Crippen LogP contribution is 2.27. The summed E-state index contributed by atoms with van der Waals surface area (Å²) >= 11 is 0. The van der Waals surface area contributed by atoms with E-state index in [0.29, 0.717) is 28.3 Å². The Labute approximate surface area is 156 Å². The highest BCUT2D eigenvalue weighted by Gasteiger charge is 2.14. The van der Waals surface area contributed by atoms with Crippen molar-refractivity contribution in [2.75, 3.05) is 0 Å². The Bertz CT molecular complexity index is 1090. The molecule has 2 unspecified atom stereocenters. The lowest BCUT2D eigenvalue weighted by Crippen LogP contribution is -2.18. The zero-order valence-electron chi connectivity index (χ0n) is 15.1. The SMILES string of the molecule is CC(Oc1ccc2nc3ccc(=O)cc-3oc2c1)OC(C)c1ccccc1. The van der Waals surface area contributed by atoms with Crippen LogP contribution in [0.3, 0.4) is 0 Å². The Morgan fingerprint density at radius 1 is 0.963 bits per heavy atom. The van der Waals surface area contributed by atoms with Crippen LogP contribution in [0.25, 0.3) is 22.6 Å². The van der Waals surface area contributed by atoms with Crippen LogP contribution in [-0.4, -0.2) is 11.3 Å². The van der Waals surface area contributed by atoms with Gasteiger partial charge >= 0.3 is 0 Å². The maximum absolute atomic E-state index is 11.5. The fourth-order valence-corrected chi connectivity index (χ4v) is 2.97. The van der Waals surface area contributed by atoms with Crippen LogP contribution >= 0.6 is 0 Å². The number of hydrogen-bond acceptors (Lipinski definition) is 5. The normalized spacial score (nSPS) is 13.6. The van der Waals surface area contributed by atoms with Gasteiger partial charge < -0.3 is 13.9 Å². The molecule has 1 heterocycles. The highest BCUT2D eigenvalue weighted by molar-refractivity contribution is 5.77. The van der Waals surface area contributed by atoms with E-state index in [1.807, 2.05) is 56.3 Å². The molecular formula is C22H19NO4. The lowest BCUT2D eigenvalue weighted by molar-refractivity contribution is -0.103. The molecule has 2 aromatic carbocycles. The summed E-state index contributed by atoms with van der Waals surface area (Å²) in [7, 11) is 0. The smallest absolute Gasteiger partial charge is 0.197 e. The van der Waals surface area contributed by atoms with E-state index in [0.717, 1.165) is 5.56 Å². The van der Waals surface area contributed by atoms with Crippen molar-refractivity contribution in [3.8, 4) is 17.2 Å². The summed E-state index contributed by atoms with van der Waals surface area (Å²) in [6.45, 7) is 3.84. The molecule has 0 saturated heterocycles. The predicted octanol–water partition coefficient (Wildman–Crippen LogP) is 4.80. The Hall–Kier alpha value is -3.18. The molecule has 2 aromatic rings. The molecule has 5 nitrogen and oxygen atoms in total. The summed E-state index contributed by atoms with van der Waals surface area (Å²) in [5, 5.41) is 0. The lowest BCUT2D eigenvalue weighted by Gasteiger charge is -2.20. The van der Waals surface area contributed by atoms with Gasteiger partial charge in [-0.2, -0.15) is 0 Å². The van der Waals surface area contributed by atoms with Gasteiger partial charge in [0.15, 0.2) is 23.1 Å². The van der Waals surface area contributed by atoms with Crippen molar-refractivity contribution < 1.29 is 13.9 Å². The van der Waals surface area contributed by atoms with Crippen LogP contribution in [0.1, 0.15) is 25.5 Å². The molecule has 2 atom stereocenters. The fraction of sp³-hybridized carbons (Fsp3) is 0.182. The van der Waals surface area contributed by atoms with Gasteiger partial charge in [-0.3, -0.25) is 4.79 Å². The van der Waals surface area contributed by atoms with E-state index in [2.05, 4.69) is 4.98 Å². The topological polar surface area (TPSA) is 61.6 Å². The van der Waals surface area contributed by atoms with Crippen molar-refractivity contribution in [1.82, 2.24) is 4.98 Å². The summed E-state index contributed by atoms with van der Waals surface area (Å²) in [5.74, 6) is 1.06. The molecule has 0 bridgehead atoms. The maximum Gasteiger partial charge on any atom is 0.197 e. The molecule has 0 saturated carbocycles. The number of rotatable bonds is 5. The van der Waals surface area contributed by atoms with E-state index < -0.39 is 6.29 Å². The van der Waals surface area contributed by atoms with E-state index >= 15 is 0 Å². The quantitative estimate of drug-likeness (QED) is 0.378. The zero-order chi connectivity index (χ0) is 18.8. The molecule has 4 rings (SSSR count). The molecule has 1 aliphatic carbocycles. The number of ether oxygens (including phenoxy) is 2. The third-order valence-electron chi connectivity index (χ3n) is 4.29. The molecule has 5 heteroatoms. The molecule has 0 spiro atoms. The summed E-state index contributed by atoms with van der Waals surface area (Å²) in [4.78, 5) is 16.0. The average Bonchev–Trinajstić information content (AvgIpc) is 2.67. The molecule has 0 amide bonds. The summed E-state index contributed by atoms with van der Waals surface area (Å²) in [6, 6.07) is 20.0. The summed E-state index contributed by atoms with van der Waals surface area (Å²) in [5.41, 5.74) is 2.86. The summed E-state index contributed by atoms with van der Waals surface area (Å²) < 4.78 is 17.6. The Morgan fingerprint density at radius 3 is 2.59 bits per heavy atom. The third-order valence-corrected chi connectivity index (χ3v) is 4.29. The van der Waals surface area contributed by atoms with Crippen LogP contribution in [0.4, 0.5) is 0 Å². The Morgan fingerprint density at radius 2 is 1.78 bits per heavy atom. The van der Waals surface area contributed by atoms with Crippen LogP contribution in [-0.2, 0) is 4.74 Å². The fourth-order valence-electron chi connectivity index (χ4n) is 2.97. The average molecular weight is 361 g/mol. The van der Waals surface area contributed by atoms with E-state index in [1.54, 1.807) is 12.1 Å². The van der Waals surface area contributed by atoms with Crippen molar-refractivity contribution in [1.29, 1.82) is 0 Å². The van der Waals surface area contributed by atoms with Gasteiger partial charge in [0.1, 0.15) is 17.0 Å². The highest BCUT2D eigenvalue weighted by atomic mass is 16.7. The Kier molecular flexibility index (Phi) is 4.60. The van der Waals surface area contributed by atoms with E-state index in [4.69, 9.17) is 13.9 Å². The molecule has 1 aliphatic heterocycles. The van der Waals surface area contributed by atoms with Gasteiger partial charge in [0.2, 0.25) is 0 Å². The van der Waals surface area contributed by atoms with Crippen molar-refractivity contribution in [2.45, 2.75) is 26.2 Å². The second-order valence-electron chi connectivity index (χ2n) is 6.35. The number of nitrogens with zero attached hydrogens (tertiary/aromatic N) is 1. The van der Waals surface area contributed by atoms with E-state index in [9.17, 15) is 4.79 Å². The van der Waals surface area contributed by atoms with Crippen molar-refractivity contribution in [3.05, 3.63) is 82.5 Å². The molecule has 136 valence electrons. The van der Waals surface area contributed by atoms with Crippen LogP contribution < -0.4 is 10.2 Å². The second kappa shape index (κ2) is 7.21. The predicted molar refractivity (Wildman–Crippen MR) is 103 cm³/mol. The first-order valence-corrected chi connectivity index (χ1v) is 8.80. The zero-order valence-corrected chi connectivity index (χ0v) is 15.1. The molecule has 0 aromatic heterocycles. The van der Waals surface area contributed by atoms with Crippen LogP contribution in [0.5, 0.6) is 5.75 Å². The first-order chi connectivity index (χ1) is 13.1. The number of benzene rings is 3. The first kappa shape index (κ1) is 17.2. The standard InChI is InChI=1S/C22H19NO4/c1-14(16-6-4-3-5-7-16)25-15(2)26-18-9-11-20-22(13-18)27-21-12-17(24)8-10-19(21)23-20/h3-15H,1-2H3. The third kappa shape index (κ3) is 3.83. The molecule has 0 radical (unpaired) electrons.